The van der Waals surface area contributed by atoms with Crippen LogP contribution in [0.4, 0.5) is 17.6 Å². The molecule has 210 valence electrons. The fourth-order valence-electron chi connectivity index (χ4n) is 5.89. The summed E-state index contributed by atoms with van der Waals surface area (Å²) in [5.41, 5.74) is 0.829. The quantitative estimate of drug-likeness (QED) is 0.205. The Labute approximate surface area is 233 Å². The van der Waals surface area contributed by atoms with Gasteiger partial charge in [0.2, 0.25) is 0 Å². The zero-order valence-corrected chi connectivity index (χ0v) is 22.3. The van der Waals surface area contributed by atoms with Gasteiger partial charge in [0.1, 0.15) is 11.5 Å². The molecule has 0 N–H and O–H groups in total. The second-order valence-electron chi connectivity index (χ2n) is 10.3. The van der Waals surface area contributed by atoms with E-state index in [4.69, 9.17) is 0 Å². The number of rotatable bonds is 5. The second-order valence-corrected chi connectivity index (χ2v) is 12.6. The highest BCUT2D eigenvalue weighted by Gasteiger charge is 2.52. The molecule has 6 rings (SSSR count). The maximum Gasteiger partial charge on any atom is 0.416 e. The number of sulfone groups is 1. The molecule has 0 amide bonds. The van der Waals surface area contributed by atoms with E-state index in [-0.39, 0.29) is 47.9 Å². The normalized spacial score (nSPS) is 20.6. The lowest BCUT2D eigenvalue weighted by molar-refractivity contribution is -0.137. The highest BCUT2D eigenvalue weighted by Crippen LogP contribution is 2.52. The van der Waals surface area contributed by atoms with Gasteiger partial charge in [-0.3, -0.25) is 9.78 Å². The summed E-state index contributed by atoms with van der Waals surface area (Å²) in [6.07, 6.45) is 0.952. The van der Waals surface area contributed by atoms with Crippen molar-refractivity contribution >= 4 is 21.7 Å². The van der Waals surface area contributed by atoms with E-state index in [9.17, 15) is 30.8 Å². The number of allylic oxidation sites excluding steroid dienone is 1. The Kier molecular flexibility index (Phi) is 6.44. The van der Waals surface area contributed by atoms with Crippen LogP contribution in [0.5, 0.6) is 0 Å². The van der Waals surface area contributed by atoms with Gasteiger partial charge in [0.25, 0.3) is 0 Å². The van der Waals surface area contributed by atoms with Gasteiger partial charge in [0, 0.05) is 6.20 Å². The summed E-state index contributed by atoms with van der Waals surface area (Å²) in [7, 11) is -4.07. The van der Waals surface area contributed by atoms with Crippen LogP contribution in [-0.4, -0.2) is 34.2 Å². The average Bonchev–Trinajstić information content (AvgIpc) is 3.37. The van der Waals surface area contributed by atoms with Crippen LogP contribution in [0.15, 0.2) is 89.6 Å². The van der Waals surface area contributed by atoms with Crippen LogP contribution < -0.4 is 0 Å². The molecule has 0 bridgehead atoms. The van der Waals surface area contributed by atoms with Crippen LogP contribution in [0.25, 0.3) is 11.8 Å². The number of pyridine rings is 1. The third-order valence-electron chi connectivity index (χ3n) is 7.97. The van der Waals surface area contributed by atoms with Crippen molar-refractivity contribution in [3.05, 3.63) is 113 Å². The van der Waals surface area contributed by atoms with Crippen LogP contribution in [-0.2, 0) is 22.4 Å². The molecular formula is C30H23F4N3O3S. The molecule has 4 aromatic rings. The standard InChI is InChI=1S/C30H23F4N3O3S/c31-22-7-9-23(10-8-22)37-27-15-21-6-13-25(41(39,40)24-11-4-20(5-12-24)30(32,33)34)17-29(21,16-19(27)18-36-37)28(38)26-3-1-2-14-35-26/h1-5,7-12,14-15,18,25H,6,13,16-17H2/t25-,29-/m0/s1. The third kappa shape index (κ3) is 4.67. The summed E-state index contributed by atoms with van der Waals surface area (Å²) in [5.74, 6) is -0.711. The van der Waals surface area contributed by atoms with E-state index in [1.807, 2.05) is 6.08 Å². The minimum absolute atomic E-state index is 0.0568. The molecule has 2 aliphatic rings. The molecule has 2 aromatic heterocycles. The fourth-order valence-corrected chi connectivity index (χ4v) is 7.72. The molecule has 2 heterocycles. The summed E-state index contributed by atoms with van der Waals surface area (Å²) < 4.78 is 81.9. The maximum absolute atomic E-state index is 14.2. The molecule has 0 saturated heterocycles. The van der Waals surface area contributed by atoms with Gasteiger partial charge in [0.15, 0.2) is 15.6 Å². The number of ketones is 1. The number of halogens is 4. The number of hydrogen-bond donors (Lipinski definition) is 0. The van der Waals surface area contributed by atoms with E-state index in [0.717, 1.165) is 41.1 Å². The summed E-state index contributed by atoms with van der Waals surface area (Å²) in [5, 5.41) is 3.47. The molecule has 0 radical (unpaired) electrons. The lowest BCUT2D eigenvalue weighted by Crippen LogP contribution is -2.45. The molecule has 0 aliphatic heterocycles. The van der Waals surface area contributed by atoms with Crippen LogP contribution in [0.3, 0.4) is 0 Å². The minimum Gasteiger partial charge on any atom is -0.291 e. The first-order valence-corrected chi connectivity index (χ1v) is 14.4. The molecule has 0 unspecified atom stereocenters. The van der Waals surface area contributed by atoms with Crippen molar-refractivity contribution < 1.29 is 30.8 Å². The van der Waals surface area contributed by atoms with Crippen molar-refractivity contribution in [2.45, 2.75) is 42.0 Å². The Morgan fingerprint density at radius 1 is 1.00 bits per heavy atom. The predicted molar refractivity (Wildman–Crippen MR) is 142 cm³/mol. The molecular weight excluding hydrogens is 558 g/mol. The van der Waals surface area contributed by atoms with Crippen molar-refractivity contribution in [2.24, 2.45) is 5.41 Å². The van der Waals surface area contributed by atoms with Gasteiger partial charge in [-0.1, -0.05) is 11.6 Å². The Morgan fingerprint density at radius 3 is 2.39 bits per heavy atom. The second kappa shape index (κ2) is 9.76. The number of fused-ring (bicyclic) bond motifs is 2. The zero-order valence-electron chi connectivity index (χ0n) is 21.5. The molecule has 2 atom stereocenters. The topological polar surface area (TPSA) is 81.9 Å². The van der Waals surface area contributed by atoms with E-state index in [0.29, 0.717) is 5.69 Å². The van der Waals surface area contributed by atoms with Crippen molar-refractivity contribution in [3.63, 3.8) is 0 Å². The number of aromatic nitrogens is 3. The molecule has 0 spiro atoms. The fraction of sp³-hybridized carbons (Fsp3) is 0.233. The predicted octanol–water partition coefficient (Wildman–Crippen LogP) is 6.26. The summed E-state index contributed by atoms with van der Waals surface area (Å²) >= 11 is 0. The highest BCUT2D eigenvalue weighted by atomic mass is 32.2. The van der Waals surface area contributed by atoms with Crippen molar-refractivity contribution in [1.82, 2.24) is 14.8 Å². The average molecular weight is 582 g/mol. The number of hydrogen-bond acceptors (Lipinski definition) is 5. The largest absolute Gasteiger partial charge is 0.416 e. The van der Waals surface area contributed by atoms with Gasteiger partial charge in [-0.15, -0.1) is 0 Å². The smallest absolute Gasteiger partial charge is 0.291 e. The molecule has 11 heteroatoms. The van der Waals surface area contributed by atoms with Gasteiger partial charge in [0.05, 0.1) is 38.7 Å². The number of nitrogens with zero attached hydrogens (tertiary/aromatic N) is 3. The van der Waals surface area contributed by atoms with Gasteiger partial charge >= 0.3 is 6.18 Å². The monoisotopic (exact) mass is 581 g/mol. The first-order valence-electron chi connectivity index (χ1n) is 12.9. The Hall–Kier alpha value is -4.12. The third-order valence-corrected chi connectivity index (χ3v) is 10.2. The van der Waals surface area contributed by atoms with Gasteiger partial charge < -0.3 is 0 Å². The maximum atomic E-state index is 14.2. The van der Waals surface area contributed by atoms with Crippen molar-refractivity contribution in [1.29, 1.82) is 0 Å². The lowest BCUT2D eigenvalue weighted by Gasteiger charge is -2.43. The molecule has 1 fully saturated rings. The van der Waals surface area contributed by atoms with Gasteiger partial charge in [-0.25, -0.2) is 17.5 Å². The van der Waals surface area contributed by atoms with Crippen molar-refractivity contribution in [3.8, 4) is 5.69 Å². The van der Waals surface area contributed by atoms with Crippen molar-refractivity contribution in [2.75, 3.05) is 0 Å². The van der Waals surface area contributed by atoms with E-state index >= 15 is 0 Å². The zero-order chi connectivity index (χ0) is 29.0. The summed E-state index contributed by atoms with van der Waals surface area (Å²) in [6, 6.07) is 14.2. The molecule has 6 nitrogen and oxygen atoms in total. The number of benzene rings is 2. The number of Topliss-reactive ketones (excluding diaryl/α,β-unsaturated/α-hetero) is 1. The first kappa shape index (κ1) is 27.1. The number of carbonyl (C=O) groups is 1. The lowest BCUT2D eigenvalue weighted by atomic mass is 9.61. The molecule has 41 heavy (non-hydrogen) atoms. The van der Waals surface area contributed by atoms with E-state index in [1.165, 1.54) is 18.3 Å². The van der Waals surface area contributed by atoms with E-state index in [2.05, 4.69) is 10.1 Å². The van der Waals surface area contributed by atoms with Crippen LogP contribution in [0.2, 0.25) is 0 Å². The van der Waals surface area contributed by atoms with Crippen LogP contribution >= 0.6 is 0 Å². The highest BCUT2D eigenvalue weighted by molar-refractivity contribution is 7.92. The minimum atomic E-state index is -4.59. The van der Waals surface area contributed by atoms with Gasteiger partial charge in [-0.05, 0) is 98.0 Å². The Balaban J connectivity index is 1.41. The number of alkyl halides is 3. The Morgan fingerprint density at radius 2 is 1.73 bits per heavy atom. The molecule has 2 aliphatic carbocycles. The SMILES string of the molecule is O=C(c1ccccn1)[C@]12Cc3cnn(-c4ccc(F)cc4)c3C=C1CC[C@H](S(=O)(=O)c1ccc(C(F)(F)F)cc1)C2. The molecule has 2 aromatic carbocycles. The van der Waals surface area contributed by atoms with E-state index < -0.39 is 32.2 Å². The van der Waals surface area contributed by atoms with E-state index in [1.54, 1.807) is 41.2 Å². The van der Waals surface area contributed by atoms with Crippen LogP contribution in [0, 0.1) is 11.2 Å². The van der Waals surface area contributed by atoms with Crippen LogP contribution in [0.1, 0.15) is 46.6 Å². The summed E-state index contributed by atoms with van der Waals surface area (Å²) in [6.45, 7) is 0. The Bertz CT molecular complexity index is 1760. The summed E-state index contributed by atoms with van der Waals surface area (Å²) in [4.78, 5) is 18.2. The molecule has 1 saturated carbocycles. The first-order chi connectivity index (χ1) is 19.5. The van der Waals surface area contributed by atoms with Gasteiger partial charge in [-0.2, -0.15) is 18.3 Å². The number of carbonyl (C=O) groups excluding carboxylic acids is 1.